The molecule has 7 heteroatoms. The largest absolute Gasteiger partial charge is 0.492 e. The molecule has 1 aromatic carbocycles. The van der Waals surface area contributed by atoms with Crippen molar-refractivity contribution in [1.82, 2.24) is 10.6 Å². The summed E-state index contributed by atoms with van der Waals surface area (Å²) in [5.41, 5.74) is 0. The molecule has 2 atom stereocenters. The van der Waals surface area contributed by atoms with Crippen LogP contribution in [0.4, 0.5) is 8.78 Å². The molecule has 0 saturated carbocycles. The maximum Gasteiger partial charge on any atom is 0.220 e. The Balaban J connectivity index is 0.00000208. The summed E-state index contributed by atoms with van der Waals surface area (Å²) >= 11 is 0. The van der Waals surface area contributed by atoms with Gasteiger partial charge in [0.1, 0.15) is 12.4 Å². The van der Waals surface area contributed by atoms with Crippen molar-refractivity contribution >= 4 is 18.3 Å². The number of hydrogen-bond donors (Lipinski definition) is 2. The highest BCUT2D eigenvalue weighted by molar-refractivity contribution is 5.85. The van der Waals surface area contributed by atoms with Crippen molar-refractivity contribution in [1.29, 1.82) is 0 Å². The minimum Gasteiger partial charge on any atom is -0.492 e. The number of benzene rings is 1. The van der Waals surface area contributed by atoms with Crippen LogP contribution in [-0.2, 0) is 4.79 Å². The van der Waals surface area contributed by atoms with E-state index in [4.69, 9.17) is 4.74 Å². The van der Waals surface area contributed by atoms with E-state index in [9.17, 15) is 13.6 Å². The van der Waals surface area contributed by atoms with Gasteiger partial charge in [0.15, 0.2) is 11.6 Å². The number of hydrogen-bond acceptors (Lipinski definition) is 3. The van der Waals surface area contributed by atoms with Gasteiger partial charge in [-0.3, -0.25) is 4.79 Å². The molecule has 1 amide bonds. The van der Waals surface area contributed by atoms with Gasteiger partial charge in [-0.2, -0.15) is 0 Å². The lowest BCUT2D eigenvalue weighted by molar-refractivity contribution is -0.122. The van der Waals surface area contributed by atoms with E-state index in [0.717, 1.165) is 25.0 Å². The maximum absolute atomic E-state index is 13.0. The third kappa shape index (κ3) is 5.05. The first-order chi connectivity index (χ1) is 11.1. The predicted molar refractivity (Wildman–Crippen MR) is 89.4 cm³/mol. The SMILES string of the molecule is Cl.O=C(CC1CC2CCC(C1)N2)NCCOc1ccc(F)c(F)c1. The van der Waals surface area contributed by atoms with Crippen molar-refractivity contribution in [2.24, 2.45) is 5.92 Å². The van der Waals surface area contributed by atoms with E-state index >= 15 is 0 Å². The van der Waals surface area contributed by atoms with Crippen LogP contribution in [0.3, 0.4) is 0 Å². The van der Waals surface area contributed by atoms with Crippen molar-refractivity contribution in [3.05, 3.63) is 29.8 Å². The standard InChI is InChI=1S/C17H22F2N2O2.ClH/c18-15-4-3-14(10-16(15)19)23-6-5-20-17(22)9-11-7-12-1-2-13(8-11)21-12;/h3-4,10-13,21H,1-2,5-9H2,(H,20,22);1H. The Morgan fingerprint density at radius 2 is 1.92 bits per heavy atom. The van der Waals surface area contributed by atoms with Crippen LogP contribution in [0.2, 0.25) is 0 Å². The molecule has 2 unspecified atom stereocenters. The molecule has 2 bridgehead atoms. The fraction of sp³-hybridized carbons (Fsp3) is 0.588. The number of ether oxygens (including phenoxy) is 1. The van der Waals surface area contributed by atoms with Gasteiger partial charge in [-0.05, 0) is 43.7 Å². The zero-order valence-corrected chi connectivity index (χ0v) is 14.2. The molecule has 2 heterocycles. The fourth-order valence-electron chi connectivity index (χ4n) is 3.60. The number of carbonyl (C=O) groups excluding carboxylic acids is 1. The molecule has 134 valence electrons. The lowest BCUT2D eigenvalue weighted by atomic mass is 9.89. The number of rotatable bonds is 6. The second-order valence-electron chi connectivity index (χ2n) is 6.45. The number of fused-ring (bicyclic) bond motifs is 2. The van der Waals surface area contributed by atoms with Crippen LogP contribution < -0.4 is 15.4 Å². The third-order valence-corrected chi connectivity index (χ3v) is 4.63. The number of amides is 1. The number of piperidine rings is 1. The molecule has 2 aliphatic rings. The summed E-state index contributed by atoms with van der Waals surface area (Å²) in [7, 11) is 0. The van der Waals surface area contributed by atoms with E-state index in [2.05, 4.69) is 10.6 Å². The van der Waals surface area contributed by atoms with E-state index in [1.165, 1.54) is 18.9 Å². The summed E-state index contributed by atoms with van der Waals surface area (Å²) in [6.45, 7) is 0.587. The Morgan fingerprint density at radius 3 is 2.58 bits per heavy atom. The second kappa shape index (κ2) is 8.62. The van der Waals surface area contributed by atoms with Crippen LogP contribution >= 0.6 is 12.4 Å². The van der Waals surface area contributed by atoms with Gasteiger partial charge >= 0.3 is 0 Å². The average molecular weight is 361 g/mol. The molecule has 2 fully saturated rings. The Labute approximate surface area is 146 Å². The van der Waals surface area contributed by atoms with Gasteiger partial charge in [-0.15, -0.1) is 12.4 Å². The zero-order chi connectivity index (χ0) is 16.2. The van der Waals surface area contributed by atoms with Crippen LogP contribution in [0.25, 0.3) is 0 Å². The molecular formula is C17H23ClF2N2O2. The van der Waals surface area contributed by atoms with Crippen molar-refractivity contribution in [2.45, 2.75) is 44.2 Å². The minimum absolute atomic E-state index is 0. The fourth-order valence-corrected chi connectivity index (χ4v) is 3.60. The molecule has 3 rings (SSSR count). The van der Waals surface area contributed by atoms with E-state index < -0.39 is 11.6 Å². The topological polar surface area (TPSA) is 50.4 Å². The van der Waals surface area contributed by atoms with Crippen molar-refractivity contribution in [3.63, 3.8) is 0 Å². The molecule has 2 N–H and O–H groups in total. The van der Waals surface area contributed by atoms with Crippen LogP contribution in [0.15, 0.2) is 18.2 Å². The molecule has 1 aromatic rings. The summed E-state index contributed by atoms with van der Waals surface area (Å²) in [6.07, 6.45) is 5.17. The molecular weight excluding hydrogens is 338 g/mol. The molecule has 0 spiro atoms. The lowest BCUT2D eigenvalue weighted by Crippen LogP contribution is -2.40. The van der Waals surface area contributed by atoms with E-state index in [1.54, 1.807) is 0 Å². The van der Waals surface area contributed by atoms with Crippen LogP contribution in [0.1, 0.15) is 32.1 Å². The van der Waals surface area contributed by atoms with Gasteiger partial charge in [0.2, 0.25) is 5.91 Å². The molecule has 4 nitrogen and oxygen atoms in total. The van der Waals surface area contributed by atoms with Gasteiger partial charge in [-0.1, -0.05) is 0 Å². The minimum atomic E-state index is -0.938. The Morgan fingerprint density at radius 1 is 1.21 bits per heavy atom. The quantitative estimate of drug-likeness (QED) is 0.767. The van der Waals surface area contributed by atoms with E-state index in [1.807, 2.05) is 0 Å². The highest BCUT2D eigenvalue weighted by Gasteiger charge is 2.34. The first kappa shape index (κ1) is 18.9. The third-order valence-electron chi connectivity index (χ3n) is 4.63. The van der Waals surface area contributed by atoms with Gasteiger partial charge < -0.3 is 15.4 Å². The summed E-state index contributed by atoms with van der Waals surface area (Å²) in [4.78, 5) is 12.0. The Hall–Kier alpha value is -1.40. The van der Waals surface area contributed by atoms with Gasteiger partial charge in [0, 0.05) is 24.6 Å². The highest BCUT2D eigenvalue weighted by atomic mass is 35.5. The highest BCUT2D eigenvalue weighted by Crippen LogP contribution is 2.32. The predicted octanol–water partition coefficient (Wildman–Crippen LogP) is 2.80. The van der Waals surface area contributed by atoms with Crippen LogP contribution in [0, 0.1) is 17.6 Å². The molecule has 24 heavy (non-hydrogen) atoms. The molecule has 2 saturated heterocycles. The van der Waals surface area contributed by atoms with Crippen molar-refractivity contribution in [3.8, 4) is 5.75 Å². The smallest absolute Gasteiger partial charge is 0.220 e. The molecule has 0 radical (unpaired) electrons. The lowest BCUT2D eigenvalue weighted by Gasteiger charge is -2.28. The first-order valence-electron chi connectivity index (χ1n) is 8.21. The first-order valence-corrected chi connectivity index (χ1v) is 8.21. The van der Waals surface area contributed by atoms with Crippen LogP contribution in [0.5, 0.6) is 5.75 Å². The van der Waals surface area contributed by atoms with Crippen molar-refractivity contribution in [2.75, 3.05) is 13.2 Å². The Bertz CT molecular complexity index is 562. The normalized spacial score (nSPS) is 25.0. The van der Waals surface area contributed by atoms with Gasteiger partial charge in [0.05, 0.1) is 6.54 Å². The number of halogens is 3. The maximum atomic E-state index is 13.0. The second-order valence-corrected chi connectivity index (χ2v) is 6.45. The number of carbonyl (C=O) groups is 1. The monoisotopic (exact) mass is 360 g/mol. The summed E-state index contributed by atoms with van der Waals surface area (Å²) in [6, 6.07) is 4.56. The van der Waals surface area contributed by atoms with Gasteiger partial charge in [0.25, 0.3) is 0 Å². The molecule has 0 aromatic heterocycles. The van der Waals surface area contributed by atoms with Crippen LogP contribution in [-0.4, -0.2) is 31.1 Å². The van der Waals surface area contributed by atoms with E-state index in [0.29, 0.717) is 31.0 Å². The summed E-state index contributed by atoms with van der Waals surface area (Å²) in [5.74, 6) is -1.09. The zero-order valence-electron chi connectivity index (χ0n) is 13.4. The Kier molecular flexibility index (Phi) is 6.80. The average Bonchev–Trinajstić information content (AvgIpc) is 2.86. The number of nitrogens with one attached hydrogen (secondary N) is 2. The summed E-state index contributed by atoms with van der Waals surface area (Å²) < 4.78 is 31.1. The molecule has 2 aliphatic heterocycles. The molecule has 0 aliphatic carbocycles. The van der Waals surface area contributed by atoms with Crippen molar-refractivity contribution < 1.29 is 18.3 Å². The van der Waals surface area contributed by atoms with Gasteiger partial charge in [-0.25, -0.2) is 8.78 Å². The summed E-state index contributed by atoms with van der Waals surface area (Å²) in [5, 5.41) is 6.39. The van der Waals surface area contributed by atoms with E-state index in [-0.39, 0.29) is 30.7 Å².